The van der Waals surface area contributed by atoms with Gasteiger partial charge in [-0.1, -0.05) is 0 Å². The monoisotopic (exact) mass is 260 g/mol. The summed E-state index contributed by atoms with van der Waals surface area (Å²) < 4.78 is 31.6. The van der Waals surface area contributed by atoms with Crippen molar-refractivity contribution < 1.29 is 34.6 Å². The first kappa shape index (κ1) is 22.6. The second-order valence-corrected chi connectivity index (χ2v) is 1.34. The van der Waals surface area contributed by atoms with Gasteiger partial charge >= 0.3 is 33.5 Å². The third-order valence-corrected chi connectivity index (χ3v) is 0. The van der Waals surface area contributed by atoms with Crippen LogP contribution in [0.5, 0.6) is 0 Å². The molecule has 8 heavy (non-hydrogen) atoms. The summed E-state index contributed by atoms with van der Waals surface area (Å²) in [5, 5.41) is 0. The van der Waals surface area contributed by atoms with Crippen molar-refractivity contribution in [1.82, 2.24) is 0 Å². The van der Waals surface area contributed by atoms with Crippen molar-refractivity contribution in [2.75, 3.05) is 0 Å². The Morgan fingerprint density at radius 1 is 1.12 bits per heavy atom. The van der Waals surface area contributed by atoms with E-state index >= 15 is 0 Å². The molecule has 2 N–H and O–H groups in total. The molecule has 0 aromatic rings. The van der Waals surface area contributed by atoms with Crippen LogP contribution in [0, 0.1) is 0 Å². The summed E-state index contributed by atoms with van der Waals surface area (Å²) >= 11 is 0. The van der Waals surface area contributed by atoms with E-state index in [1.54, 1.807) is 0 Å². The minimum atomic E-state index is -4.67. The molecule has 52 valence electrons. The van der Waals surface area contributed by atoms with Crippen LogP contribution < -0.4 is 0 Å². The molecular weight excluding hydrogens is 256 g/mol. The molecule has 0 aliphatic rings. The molecule has 0 aromatic heterocycles. The normalized spacial score (nSPS) is 7.25. The van der Waals surface area contributed by atoms with Gasteiger partial charge < -0.3 is 0 Å². The van der Waals surface area contributed by atoms with Gasteiger partial charge in [-0.05, 0) is 0 Å². The molecule has 8 heteroatoms. The van der Waals surface area contributed by atoms with Gasteiger partial charge in [0.1, 0.15) is 0 Å². The van der Waals surface area contributed by atoms with Gasteiger partial charge in [-0.2, -0.15) is 8.42 Å². The van der Waals surface area contributed by atoms with Crippen LogP contribution in [0.15, 0.2) is 0 Å². The van der Waals surface area contributed by atoms with Gasteiger partial charge in [0.2, 0.25) is 0 Å². The van der Waals surface area contributed by atoms with Gasteiger partial charge in [0.05, 0.1) is 0 Å². The molecule has 0 atom stereocenters. The van der Waals surface area contributed by atoms with Crippen molar-refractivity contribution in [1.29, 1.82) is 0 Å². The van der Waals surface area contributed by atoms with Gasteiger partial charge in [-0.15, -0.1) is 17.0 Å². The summed E-state index contributed by atoms with van der Waals surface area (Å²) in [5.41, 5.74) is 0. The molecule has 0 heterocycles. The minimum absolute atomic E-state index is 0. The predicted octanol–water partition coefficient (Wildman–Crippen LogP) is -0.994. The summed E-state index contributed by atoms with van der Waals surface area (Å²) in [4.78, 5) is 0. The van der Waals surface area contributed by atoms with E-state index < -0.39 is 10.4 Å². The van der Waals surface area contributed by atoms with Gasteiger partial charge in [-0.25, -0.2) is 0 Å². The third kappa shape index (κ3) is 126. The largest absolute Gasteiger partial charge is 0.394 e. The first-order chi connectivity index (χ1) is 2.00. The number of hydrogen-bond donors (Lipinski definition) is 2. The summed E-state index contributed by atoms with van der Waals surface area (Å²) in [6.45, 7) is 0. The molecule has 0 bridgehead atoms. The smallest absolute Gasteiger partial charge is 0.264 e. The molecule has 0 spiro atoms. The maximum atomic E-state index is 8.74. The Balaban J connectivity index is -0.0000000267. The standard InChI is InChI=1S/BrH.Fe.Mg.H2O4S.2H/c;;;1-5(2,3)4;;/h1H;;;(H2,1,2,3,4);;. The van der Waals surface area contributed by atoms with Crippen molar-refractivity contribution >= 4 is 50.4 Å². The van der Waals surface area contributed by atoms with Crippen molar-refractivity contribution in [2.24, 2.45) is 0 Å². The van der Waals surface area contributed by atoms with Crippen molar-refractivity contribution in [3.8, 4) is 0 Å². The Morgan fingerprint density at radius 2 is 1.12 bits per heavy atom. The molecule has 0 unspecified atom stereocenters. The topological polar surface area (TPSA) is 74.6 Å². The van der Waals surface area contributed by atoms with Crippen LogP contribution in [0.3, 0.4) is 0 Å². The molecule has 0 aliphatic carbocycles. The van der Waals surface area contributed by atoms with Crippen LogP contribution in [-0.2, 0) is 27.5 Å². The van der Waals surface area contributed by atoms with E-state index in [1.807, 2.05) is 0 Å². The zero-order valence-corrected chi connectivity index (χ0v) is 6.51. The third-order valence-electron chi connectivity index (χ3n) is 0. The average Bonchev–Trinajstić information content (AvgIpc) is 0.722. The van der Waals surface area contributed by atoms with Crippen LogP contribution in [0.4, 0.5) is 0 Å². The molecule has 0 saturated heterocycles. The van der Waals surface area contributed by atoms with E-state index in [-0.39, 0.29) is 57.1 Å². The quantitative estimate of drug-likeness (QED) is 0.433. The second kappa shape index (κ2) is 8.64. The maximum absolute atomic E-state index is 8.74. The zero-order chi connectivity index (χ0) is 4.50. The molecule has 0 radical (unpaired) electrons. The summed E-state index contributed by atoms with van der Waals surface area (Å²) in [5.74, 6) is 0. The summed E-state index contributed by atoms with van der Waals surface area (Å²) in [7, 11) is -4.67. The first-order valence-corrected chi connectivity index (χ1v) is 2.10. The molecular formula is H5BrFeMgO4S. The van der Waals surface area contributed by atoms with Crippen molar-refractivity contribution in [2.45, 2.75) is 0 Å². The van der Waals surface area contributed by atoms with Crippen LogP contribution in [0.2, 0.25) is 0 Å². The van der Waals surface area contributed by atoms with Crippen LogP contribution in [-0.4, -0.2) is 40.6 Å². The van der Waals surface area contributed by atoms with E-state index in [1.165, 1.54) is 0 Å². The Hall–Kier alpha value is 1.64. The summed E-state index contributed by atoms with van der Waals surface area (Å²) in [6, 6.07) is 0. The summed E-state index contributed by atoms with van der Waals surface area (Å²) in [6.07, 6.45) is 0. The zero-order valence-electron chi connectivity index (χ0n) is 2.88. The van der Waals surface area contributed by atoms with E-state index in [9.17, 15) is 0 Å². The van der Waals surface area contributed by atoms with E-state index in [0.717, 1.165) is 0 Å². The van der Waals surface area contributed by atoms with Crippen LogP contribution >= 0.6 is 17.0 Å². The molecule has 0 aliphatic heterocycles. The van der Waals surface area contributed by atoms with Crippen LogP contribution in [0.1, 0.15) is 0 Å². The molecule has 0 saturated carbocycles. The average molecular weight is 261 g/mol. The second-order valence-electron chi connectivity index (χ2n) is 0.448. The van der Waals surface area contributed by atoms with Gasteiger partial charge in [-0.3, -0.25) is 9.11 Å². The maximum Gasteiger partial charge on any atom is 0.394 e. The molecule has 0 fully saturated rings. The Morgan fingerprint density at radius 3 is 1.12 bits per heavy atom. The minimum Gasteiger partial charge on any atom is -0.264 e. The Kier molecular flexibility index (Phi) is 24.4. The van der Waals surface area contributed by atoms with Gasteiger partial charge in [0, 0.05) is 17.1 Å². The Bertz CT molecular complexity index is 99.2. The molecule has 0 rings (SSSR count). The fourth-order valence-corrected chi connectivity index (χ4v) is 0. The SMILES string of the molecule is Br.O=S(=O)(O)O.[Fe].[MgH2]. The molecule has 0 amide bonds. The van der Waals surface area contributed by atoms with E-state index in [4.69, 9.17) is 17.5 Å². The first-order valence-electron chi connectivity index (χ1n) is 0.698. The molecule has 0 aromatic carbocycles. The predicted molar refractivity (Wildman–Crippen MR) is 33.0 cm³/mol. The van der Waals surface area contributed by atoms with E-state index in [0.29, 0.717) is 0 Å². The van der Waals surface area contributed by atoms with Crippen molar-refractivity contribution in [3.05, 3.63) is 0 Å². The molecule has 4 nitrogen and oxygen atoms in total. The van der Waals surface area contributed by atoms with Crippen LogP contribution in [0.25, 0.3) is 0 Å². The fourth-order valence-electron chi connectivity index (χ4n) is 0. The fraction of sp³-hybridized carbons (Fsp3) is 0. The van der Waals surface area contributed by atoms with Gasteiger partial charge in [0.15, 0.2) is 0 Å². The number of hydrogen-bond acceptors (Lipinski definition) is 2. The van der Waals surface area contributed by atoms with E-state index in [2.05, 4.69) is 0 Å². The number of rotatable bonds is 0. The Labute approximate surface area is 84.4 Å². The van der Waals surface area contributed by atoms with Gasteiger partial charge in [0.25, 0.3) is 0 Å². The number of halogens is 1. The van der Waals surface area contributed by atoms with Crippen molar-refractivity contribution in [3.63, 3.8) is 0 Å².